The summed E-state index contributed by atoms with van der Waals surface area (Å²) in [5.41, 5.74) is 3.46. The van der Waals surface area contributed by atoms with Crippen LogP contribution in [-0.4, -0.2) is 86.3 Å². The van der Waals surface area contributed by atoms with E-state index >= 15 is 4.39 Å². The van der Waals surface area contributed by atoms with Gasteiger partial charge in [0.05, 0.1) is 24.4 Å². The van der Waals surface area contributed by atoms with Crippen LogP contribution in [0.2, 0.25) is 0 Å². The van der Waals surface area contributed by atoms with Crippen molar-refractivity contribution in [1.29, 1.82) is 0 Å². The quantitative estimate of drug-likeness (QED) is 0.188. The number of piperazine rings is 1. The highest BCUT2D eigenvalue weighted by atomic mass is 19.1. The van der Waals surface area contributed by atoms with Gasteiger partial charge in [-0.2, -0.15) is 0 Å². The summed E-state index contributed by atoms with van der Waals surface area (Å²) in [4.78, 5) is 23.4. The maximum atomic E-state index is 16.7. The van der Waals surface area contributed by atoms with Crippen molar-refractivity contribution in [3.63, 3.8) is 0 Å². The lowest BCUT2D eigenvalue weighted by Gasteiger charge is -2.36. The van der Waals surface area contributed by atoms with Crippen LogP contribution in [0, 0.1) is 5.82 Å². The van der Waals surface area contributed by atoms with Crippen molar-refractivity contribution in [3.8, 4) is 11.1 Å². The van der Waals surface area contributed by atoms with E-state index in [1.807, 2.05) is 29.2 Å². The summed E-state index contributed by atoms with van der Waals surface area (Å²) in [5.74, 6) is 0.339. The number of benzene rings is 4. The molecular formula is C36H36FN5O2. The second-order valence-corrected chi connectivity index (χ2v) is 11.4. The Morgan fingerprint density at radius 3 is 2.50 bits per heavy atom. The number of rotatable bonds is 7. The van der Waals surface area contributed by atoms with Gasteiger partial charge in [-0.3, -0.25) is 9.69 Å². The van der Waals surface area contributed by atoms with Gasteiger partial charge in [0.1, 0.15) is 5.82 Å². The molecule has 0 saturated carbocycles. The SMILES string of the molecule is C=CC(=O)N1CCN(c2ccc3c(NCCN4CCOCC4)nc4cc(-c5cccc6ccccc56)ccc4c3c2F)CC1. The number of hydrogen-bond donors (Lipinski definition) is 1. The maximum absolute atomic E-state index is 16.7. The Kier molecular flexibility index (Phi) is 7.85. The highest BCUT2D eigenvalue weighted by molar-refractivity contribution is 6.12. The molecule has 4 aromatic carbocycles. The molecule has 44 heavy (non-hydrogen) atoms. The third kappa shape index (κ3) is 5.36. The van der Waals surface area contributed by atoms with Crippen molar-refractivity contribution in [3.05, 3.63) is 91.3 Å². The van der Waals surface area contributed by atoms with Crippen molar-refractivity contribution < 1.29 is 13.9 Å². The fraction of sp³-hybridized carbons (Fsp3) is 0.278. The number of pyridine rings is 1. The lowest BCUT2D eigenvalue weighted by atomic mass is 9.96. The van der Waals surface area contributed by atoms with E-state index in [2.05, 4.69) is 65.3 Å². The summed E-state index contributed by atoms with van der Waals surface area (Å²) in [6.07, 6.45) is 1.34. The third-order valence-corrected chi connectivity index (χ3v) is 8.91. The largest absolute Gasteiger partial charge is 0.379 e. The minimum absolute atomic E-state index is 0.0875. The number of ether oxygens (including phenoxy) is 1. The summed E-state index contributed by atoms with van der Waals surface area (Å²) in [7, 11) is 0. The van der Waals surface area contributed by atoms with Crippen LogP contribution in [0.25, 0.3) is 43.6 Å². The fourth-order valence-electron chi connectivity index (χ4n) is 6.52. The molecule has 1 aromatic heterocycles. The first kappa shape index (κ1) is 28.3. The molecule has 7 rings (SSSR count). The zero-order chi connectivity index (χ0) is 30.0. The van der Waals surface area contributed by atoms with E-state index in [9.17, 15) is 4.79 Å². The molecule has 0 radical (unpaired) electrons. The molecule has 2 saturated heterocycles. The van der Waals surface area contributed by atoms with Crippen LogP contribution in [0.15, 0.2) is 85.5 Å². The smallest absolute Gasteiger partial charge is 0.246 e. The Bertz CT molecular complexity index is 1860. The van der Waals surface area contributed by atoms with Crippen molar-refractivity contribution >= 4 is 49.9 Å². The first-order valence-corrected chi connectivity index (χ1v) is 15.3. The lowest BCUT2D eigenvalue weighted by molar-refractivity contribution is -0.126. The van der Waals surface area contributed by atoms with Crippen LogP contribution in [0.5, 0.6) is 0 Å². The number of fused-ring (bicyclic) bond motifs is 4. The van der Waals surface area contributed by atoms with Crippen molar-refractivity contribution in [2.24, 2.45) is 0 Å². The maximum Gasteiger partial charge on any atom is 0.246 e. The van der Waals surface area contributed by atoms with Crippen molar-refractivity contribution in [2.75, 3.05) is 75.8 Å². The molecule has 1 N–H and O–H groups in total. The fourth-order valence-corrected chi connectivity index (χ4v) is 6.52. The first-order valence-electron chi connectivity index (χ1n) is 15.3. The van der Waals surface area contributed by atoms with Crippen LogP contribution in [0.1, 0.15) is 0 Å². The van der Waals surface area contributed by atoms with Crippen LogP contribution < -0.4 is 10.2 Å². The number of carbonyl (C=O) groups excluding carboxylic acids is 1. The molecule has 1 amide bonds. The van der Waals surface area contributed by atoms with Crippen molar-refractivity contribution in [2.45, 2.75) is 0 Å². The minimum Gasteiger partial charge on any atom is -0.379 e. The normalized spacial score (nSPS) is 16.1. The molecule has 0 bridgehead atoms. The Morgan fingerprint density at radius 1 is 0.909 bits per heavy atom. The number of carbonyl (C=O) groups is 1. The van der Waals surface area contributed by atoms with Gasteiger partial charge < -0.3 is 19.9 Å². The molecule has 2 aliphatic heterocycles. The number of anilines is 2. The van der Waals surface area contributed by atoms with Crippen LogP contribution in [0.3, 0.4) is 0 Å². The average Bonchev–Trinajstić information content (AvgIpc) is 3.08. The Labute approximate surface area is 256 Å². The van der Waals surface area contributed by atoms with Crippen LogP contribution in [-0.2, 0) is 9.53 Å². The number of amides is 1. The zero-order valence-corrected chi connectivity index (χ0v) is 24.8. The highest BCUT2D eigenvalue weighted by Gasteiger charge is 2.24. The molecule has 3 heterocycles. The number of nitrogens with one attached hydrogen (secondary N) is 1. The van der Waals surface area contributed by atoms with Gasteiger partial charge in [0.2, 0.25) is 5.91 Å². The summed E-state index contributed by atoms with van der Waals surface area (Å²) in [5, 5.41) is 7.99. The summed E-state index contributed by atoms with van der Waals surface area (Å²) in [6.45, 7) is 10.6. The van der Waals surface area contributed by atoms with Crippen LogP contribution in [0.4, 0.5) is 15.9 Å². The molecule has 224 valence electrons. The minimum atomic E-state index is -0.257. The van der Waals surface area contributed by atoms with E-state index in [1.54, 1.807) is 4.90 Å². The van der Waals surface area contributed by atoms with Crippen LogP contribution >= 0.6 is 0 Å². The van der Waals surface area contributed by atoms with Crippen molar-refractivity contribution in [1.82, 2.24) is 14.8 Å². The number of nitrogens with zero attached hydrogens (tertiary/aromatic N) is 4. The van der Waals surface area contributed by atoms with E-state index < -0.39 is 0 Å². The zero-order valence-electron chi connectivity index (χ0n) is 24.8. The Balaban J connectivity index is 1.30. The molecule has 0 atom stereocenters. The third-order valence-electron chi connectivity index (χ3n) is 8.91. The van der Waals surface area contributed by atoms with Gasteiger partial charge in [0.25, 0.3) is 0 Å². The standard InChI is InChI=1S/C36H36FN5O2/c1-2-33(43)42-18-16-41(17-19-42)32-13-12-30-34(35(32)37)29-11-10-26(28-9-5-7-25-6-3-4-8-27(25)28)24-31(29)39-36(30)38-14-15-40-20-22-44-23-21-40/h2-13,24H,1,14-23H2,(H,38,39). The van der Waals surface area contributed by atoms with Gasteiger partial charge in [0, 0.05) is 68.5 Å². The molecular weight excluding hydrogens is 553 g/mol. The van der Waals surface area contributed by atoms with Gasteiger partial charge in [-0.25, -0.2) is 9.37 Å². The lowest BCUT2D eigenvalue weighted by Crippen LogP contribution is -2.48. The molecule has 2 fully saturated rings. The molecule has 0 unspecified atom stereocenters. The van der Waals surface area contributed by atoms with Gasteiger partial charge >= 0.3 is 0 Å². The predicted octanol–water partition coefficient (Wildman–Crippen LogP) is 5.93. The topological polar surface area (TPSA) is 60.9 Å². The highest BCUT2D eigenvalue weighted by Crippen LogP contribution is 2.38. The number of halogens is 1. The van der Waals surface area contributed by atoms with E-state index in [4.69, 9.17) is 9.72 Å². The second kappa shape index (κ2) is 12.2. The number of hydrogen-bond acceptors (Lipinski definition) is 6. The van der Waals surface area contributed by atoms with Gasteiger partial charge in [-0.05, 0) is 46.2 Å². The van der Waals surface area contributed by atoms with E-state index in [-0.39, 0.29) is 11.7 Å². The summed E-state index contributed by atoms with van der Waals surface area (Å²) in [6, 6.07) is 24.7. The number of aromatic nitrogens is 1. The second-order valence-electron chi connectivity index (χ2n) is 11.4. The van der Waals surface area contributed by atoms with E-state index in [0.29, 0.717) is 49.6 Å². The summed E-state index contributed by atoms with van der Waals surface area (Å²) >= 11 is 0. The van der Waals surface area contributed by atoms with Gasteiger partial charge in [0.15, 0.2) is 5.82 Å². The number of morpholine rings is 1. The molecule has 8 heteroatoms. The Hall–Kier alpha value is -4.53. The van der Waals surface area contributed by atoms with E-state index in [1.165, 1.54) is 16.8 Å². The summed E-state index contributed by atoms with van der Waals surface area (Å²) < 4.78 is 22.2. The van der Waals surface area contributed by atoms with Gasteiger partial charge in [-0.1, -0.05) is 61.2 Å². The first-order chi connectivity index (χ1) is 21.6. The molecule has 0 aliphatic carbocycles. The monoisotopic (exact) mass is 589 g/mol. The molecule has 2 aliphatic rings. The Morgan fingerprint density at radius 2 is 1.68 bits per heavy atom. The van der Waals surface area contributed by atoms with Gasteiger partial charge in [-0.15, -0.1) is 0 Å². The van der Waals surface area contributed by atoms with E-state index in [0.717, 1.165) is 60.3 Å². The molecule has 7 nitrogen and oxygen atoms in total. The molecule has 5 aromatic rings. The predicted molar refractivity (Wildman–Crippen MR) is 177 cm³/mol. The molecule has 0 spiro atoms. The average molecular weight is 590 g/mol.